The highest BCUT2D eigenvalue weighted by atomic mass is 16.5. The summed E-state index contributed by atoms with van der Waals surface area (Å²) in [6.45, 7) is 2.16. The SMILES string of the molecule is CCCC[C@@H](N)c1ncccc1OC. The Labute approximate surface area is 85.3 Å². The number of methoxy groups -OCH3 is 1. The molecule has 1 atom stereocenters. The molecule has 1 aromatic heterocycles. The second-order valence-electron chi connectivity index (χ2n) is 3.34. The van der Waals surface area contributed by atoms with Gasteiger partial charge >= 0.3 is 0 Å². The van der Waals surface area contributed by atoms with Gasteiger partial charge < -0.3 is 10.5 Å². The zero-order valence-corrected chi connectivity index (χ0v) is 8.86. The van der Waals surface area contributed by atoms with Gasteiger partial charge in [-0.15, -0.1) is 0 Å². The molecule has 0 aromatic carbocycles. The fourth-order valence-corrected chi connectivity index (χ4v) is 1.41. The van der Waals surface area contributed by atoms with Crippen molar-refractivity contribution in [3.63, 3.8) is 0 Å². The molecule has 1 aromatic rings. The highest BCUT2D eigenvalue weighted by Crippen LogP contribution is 2.23. The summed E-state index contributed by atoms with van der Waals surface area (Å²) in [5.74, 6) is 0.788. The zero-order chi connectivity index (χ0) is 10.4. The quantitative estimate of drug-likeness (QED) is 0.782. The van der Waals surface area contributed by atoms with Crippen molar-refractivity contribution in [2.45, 2.75) is 32.2 Å². The van der Waals surface area contributed by atoms with Gasteiger partial charge in [-0.1, -0.05) is 19.8 Å². The number of aromatic nitrogens is 1. The molecule has 78 valence electrons. The van der Waals surface area contributed by atoms with Crippen molar-refractivity contribution >= 4 is 0 Å². The molecule has 0 aliphatic rings. The van der Waals surface area contributed by atoms with E-state index in [-0.39, 0.29) is 6.04 Å². The third-order valence-corrected chi connectivity index (χ3v) is 2.24. The van der Waals surface area contributed by atoms with Gasteiger partial charge in [0.1, 0.15) is 5.75 Å². The lowest BCUT2D eigenvalue weighted by Gasteiger charge is -2.13. The number of hydrogen-bond acceptors (Lipinski definition) is 3. The second-order valence-corrected chi connectivity index (χ2v) is 3.34. The van der Waals surface area contributed by atoms with Crippen molar-refractivity contribution in [3.8, 4) is 5.75 Å². The molecular weight excluding hydrogens is 176 g/mol. The summed E-state index contributed by atoms with van der Waals surface area (Å²) < 4.78 is 5.20. The normalized spacial score (nSPS) is 12.5. The molecule has 0 unspecified atom stereocenters. The number of hydrogen-bond donors (Lipinski definition) is 1. The number of nitrogens with zero attached hydrogens (tertiary/aromatic N) is 1. The number of pyridine rings is 1. The van der Waals surface area contributed by atoms with Gasteiger partial charge in [0.25, 0.3) is 0 Å². The average molecular weight is 194 g/mol. The van der Waals surface area contributed by atoms with Crippen LogP contribution in [0.3, 0.4) is 0 Å². The van der Waals surface area contributed by atoms with Crippen LogP contribution in [0.15, 0.2) is 18.3 Å². The molecule has 14 heavy (non-hydrogen) atoms. The zero-order valence-electron chi connectivity index (χ0n) is 8.86. The number of unbranched alkanes of at least 4 members (excludes halogenated alkanes) is 1. The maximum absolute atomic E-state index is 6.01. The average Bonchev–Trinajstić information content (AvgIpc) is 2.25. The predicted octanol–water partition coefficient (Wildman–Crippen LogP) is 2.28. The van der Waals surface area contributed by atoms with E-state index in [0.717, 1.165) is 30.7 Å². The van der Waals surface area contributed by atoms with Gasteiger partial charge in [-0.2, -0.15) is 0 Å². The molecule has 2 N–H and O–H groups in total. The molecule has 0 fully saturated rings. The molecule has 3 heteroatoms. The summed E-state index contributed by atoms with van der Waals surface area (Å²) in [6.07, 6.45) is 5.00. The first-order chi connectivity index (χ1) is 6.79. The van der Waals surface area contributed by atoms with Gasteiger partial charge in [0.2, 0.25) is 0 Å². The van der Waals surface area contributed by atoms with Crippen LogP contribution < -0.4 is 10.5 Å². The van der Waals surface area contributed by atoms with Crippen molar-refractivity contribution in [2.75, 3.05) is 7.11 Å². The Hall–Kier alpha value is -1.09. The molecule has 0 aliphatic carbocycles. The maximum atomic E-state index is 6.01. The Morgan fingerprint density at radius 3 is 3.00 bits per heavy atom. The first-order valence-electron chi connectivity index (χ1n) is 5.04. The van der Waals surface area contributed by atoms with Gasteiger partial charge in [0.15, 0.2) is 0 Å². The molecule has 0 bridgehead atoms. The minimum absolute atomic E-state index is 0.00824. The highest BCUT2D eigenvalue weighted by molar-refractivity contribution is 5.29. The van der Waals surface area contributed by atoms with E-state index in [4.69, 9.17) is 10.5 Å². The second kappa shape index (κ2) is 5.60. The monoisotopic (exact) mass is 194 g/mol. The Bertz CT molecular complexity index is 276. The van der Waals surface area contributed by atoms with E-state index in [1.165, 1.54) is 0 Å². The van der Waals surface area contributed by atoms with Crippen LogP contribution in [0.1, 0.15) is 37.9 Å². The van der Waals surface area contributed by atoms with Crippen molar-refractivity contribution < 1.29 is 4.74 Å². The van der Waals surface area contributed by atoms with Crippen molar-refractivity contribution in [1.29, 1.82) is 0 Å². The van der Waals surface area contributed by atoms with Crippen molar-refractivity contribution in [3.05, 3.63) is 24.0 Å². The van der Waals surface area contributed by atoms with E-state index in [1.807, 2.05) is 12.1 Å². The van der Waals surface area contributed by atoms with Gasteiger partial charge in [0.05, 0.1) is 18.8 Å². The van der Waals surface area contributed by atoms with Crippen LogP contribution in [0.4, 0.5) is 0 Å². The van der Waals surface area contributed by atoms with Crippen LogP contribution in [-0.2, 0) is 0 Å². The number of ether oxygens (including phenoxy) is 1. The topological polar surface area (TPSA) is 48.1 Å². The largest absolute Gasteiger partial charge is 0.495 e. The molecule has 1 heterocycles. The highest BCUT2D eigenvalue weighted by Gasteiger charge is 2.11. The lowest BCUT2D eigenvalue weighted by atomic mass is 10.1. The van der Waals surface area contributed by atoms with Gasteiger partial charge in [-0.25, -0.2) is 0 Å². The number of nitrogens with two attached hydrogens (primary N) is 1. The molecular formula is C11H18N2O. The van der Waals surface area contributed by atoms with Crippen LogP contribution in [0.25, 0.3) is 0 Å². The van der Waals surface area contributed by atoms with Crippen molar-refractivity contribution in [2.24, 2.45) is 5.73 Å². The van der Waals surface area contributed by atoms with E-state index in [2.05, 4.69) is 11.9 Å². The standard InChI is InChI=1S/C11H18N2O/c1-3-4-6-9(12)11-10(14-2)7-5-8-13-11/h5,7-9H,3-4,6,12H2,1-2H3/t9-/m1/s1. The summed E-state index contributed by atoms with van der Waals surface area (Å²) in [4.78, 5) is 4.25. The third-order valence-electron chi connectivity index (χ3n) is 2.24. The summed E-state index contributed by atoms with van der Waals surface area (Å²) in [5.41, 5.74) is 6.88. The number of rotatable bonds is 5. The molecule has 0 amide bonds. The third kappa shape index (κ3) is 2.70. The molecule has 1 rings (SSSR count). The molecule has 0 spiro atoms. The van der Waals surface area contributed by atoms with Crippen LogP contribution in [0.2, 0.25) is 0 Å². The first kappa shape index (κ1) is 11.0. The van der Waals surface area contributed by atoms with Crippen LogP contribution in [-0.4, -0.2) is 12.1 Å². The van der Waals surface area contributed by atoms with E-state index >= 15 is 0 Å². The van der Waals surface area contributed by atoms with E-state index in [1.54, 1.807) is 13.3 Å². The molecule has 0 radical (unpaired) electrons. The Balaban J connectivity index is 2.72. The fraction of sp³-hybridized carbons (Fsp3) is 0.545. The van der Waals surface area contributed by atoms with Crippen molar-refractivity contribution in [1.82, 2.24) is 4.98 Å². The molecule has 0 saturated heterocycles. The summed E-state index contributed by atoms with van der Waals surface area (Å²) in [5, 5.41) is 0. The summed E-state index contributed by atoms with van der Waals surface area (Å²) in [7, 11) is 1.65. The lowest BCUT2D eigenvalue weighted by molar-refractivity contribution is 0.399. The first-order valence-corrected chi connectivity index (χ1v) is 5.04. The van der Waals surface area contributed by atoms with E-state index < -0.39 is 0 Å². The maximum Gasteiger partial charge on any atom is 0.141 e. The summed E-state index contributed by atoms with van der Waals surface area (Å²) in [6, 6.07) is 3.74. The van der Waals surface area contributed by atoms with Gasteiger partial charge in [0, 0.05) is 6.20 Å². The Kier molecular flexibility index (Phi) is 4.40. The predicted molar refractivity (Wildman–Crippen MR) is 57.2 cm³/mol. The van der Waals surface area contributed by atoms with Crippen LogP contribution >= 0.6 is 0 Å². The molecule has 3 nitrogen and oxygen atoms in total. The fourth-order valence-electron chi connectivity index (χ4n) is 1.41. The molecule has 0 aliphatic heterocycles. The smallest absolute Gasteiger partial charge is 0.141 e. The minimum atomic E-state index is -0.00824. The Morgan fingerprint density at radius 2 is 2.36 bits per heavy atom. The van der Waals surface area contributed by atoms with Gasteiger partial charge in [-0.3, -0.25) is 4.98 Å². The lowest BCUT2D eigenvalue weighted by Crippen LogP contribution is -2.13. The van der Waals surface area contributed by atoms with Gasteiger partial charge in [-0.05, 0) is 18.6 Å². The minimum Gasteiger partial charge on any atom is -0.495 e. The molecule has 0 saturated carbocycles. The van der Waals surface area contributed by atoms with E-state index in [9.17, 15) is 0 Å². The van der Waals surface area contributed by atoms with Crippen LogP contribution in [0.5, 0.6) is 5.75 Å². The summed E-state index contributed by atoms with van der Waals surface area (Å²) >= 11 is 0. The Morgan fingerprint density at radius 1 is 1.57 bits per heavy atom. The van der Waals surface area contributed by atoms with Crippen LogP contribution in [0, 0.1) is 0 Å². The van der Waals surface area contributed by atoms with E-state index in [0.29, 0.717) is 0 Å².